The van der Waals surface area contributed by atoms with Crippen LogP contribution in [0.2, 0.25) is 0 Å². The van der Waals surface area contributed by atoms with Gasteiger partial charge in [-0.05, 0) is 46.5 Å². The Morgan fingerprint density at radius 3 is 2.89 bits per heavy atom. The summed E-state index contributed by atoms with van der Waals surface area (Å²) in [6.45, 7) is 1.41. The molecular formula is C13H16Br2O3. The molecule has 0 saturated carbocycles. The van der Waals surface area contributed by atoms with Gasteiger partial charge in [0, 0.05) is 11.9 Å². The van der Waals surface area contributed by atoms with Crippen LogP contribution in [0.4, 0.5) is 0 Å². The van der Waals surface area contributed by atoms with Crippen LogP contribution >= 0.6 is 31.9 Å². The molecule has 0 N–H and O–H groups in total. The number of ether oxygens (including phenoxy) is 3. The number of methoxy groups -OCH3 is 1. The molecule has 1 fully saturated rings. The van der Waals surface area contributed by atoms with Crippen molar-refractivity contribution in [3.63, 3.8) is 0 Å². The van der Waals surface area contributed by atoms with Gasteiger partial charge in [-0.2, -0.15) is 0 Å². The van der Waals surface area contributed by atoms with Crippen molar-refractivity contribution in [1.29, 1.82) is 0 Å². The predicted molar refractivity (Wildman–Crippen MR) is 77.8 cm³/mol. The zero-order valence-corrected chi connectivity index (χ0v) is 13.4. The highest BCUT2D eigenvalue weighted by molar-refractivity contribution is 9.10. The van der Waals surface area contributed by atoms with E-state index in [1.165, 1.54) is 0 Å². The lowest BCUT2D eigenvalue weighted by Crippen LogP contribution is -2.16. The SMILES string of the molecule is COc1cc(CBr)cc(Br)c1OCC1CCCO1. The molecule has 0 aliphatic carbocycles. The minimum Gasteiger partial charge on any atom is -0.493 e. The number of alkyl halides is 1. The van der Waals surface area contributed by atoms with Crippen molar-refractivity contribution in [2.24, 2.45) is 0 Å². The van der Waals surface area contributed by atoms with Crippen molar-refractivity contribution in [1.82, 2.24) is 0 Å². The van der Waals surface area contributed by atoms with E-state index in [1.807, 2.05) is 12.1 Å². The Hall–Kier alpha value is -0.260. The fourth-order valence-electron chi connectivity index (χ4n) is 1.94. The van der Waals surface area contributed by atoms with Gasteiger partial charge in [0.05, 0.1) is 17.7 Å². The number of halogens is 2. The maximum Gasteiger partial charge on any atom is 0.175 e. The summed E-state index contributed by atoms with van der Waals surface area (Å²) >= 11 is 6.96. The standard InChI is InChI=1S/C13H16Br2O3/c1-16-12-6-9(7-14)5-11(15)13(12)18-8-10-3-2-4-17-10/h5-6,10H,2-4,7-8H2,1H3. The summed E-state index contributed by atoms with van der Waals surface area (Å²) in [7, 11) is 1.65. The number of hydrogen-bond acceptors (Lipinski definition) is 3. The fraction of sp³-hybridized carbons (Fsp3) is 0.538. The summed E-state index contributed by atoms with van der Waals surface area (Å²) in [6.07, 6.45) is 2.39. The minimum absolute atomic E-state index is 0.206. The summed E-state index contributed by atoms with van der Waals surface area (Å²) in [5, 5.41) is 0.786. The van der Waals surface area contributed by atoms with Crippen LogP contribution in [-0.2, 0) is 10.1 Å². The highest BCUT2D eigenvalue weighted by Crippen LogP contribution is 2.37. The molecule has 0 amide bonds. The molecule has 3 nitrogen and oxygen atoms in total. The molecule has 0 spiro atoms. The lowest BCUT2D eigenvalue weighted by atomic mass is 10.2. The molecule has 1 aliphatic rings. The van der Waals surface area contributed by atoms with E-state index in [0.717, 1.165) is 46.3 Å². The third-order valence-corrected chi connectivity index (χ3v) is 4.12. The van der Waals surface area contributed by atoms with Crippen molar-refractivity contribution in [3.05, 3.63) is 22.2 Å². The van der Waals surface area contributed by atoms with Crippen LogP contribution < -0.4 is 9.47 Å². The molecule has 1 aliphatic heterocycles. The van der Waals surface area contributed by atoms with Crippen molar-refractivity contribution in [3.8, 4) is 11.5 Å². The molecule has 0 radical (unpaired) electrons. The van der Waals surface area contributed by atoms with Crippen molar-refractivity contribution < 1.29 is 14.2 Å². The first-order chi connectivity index (χ1) is 8.74. The molecule has 0 bridgehead atoms. The highest BCUT2D eigenvalue weighted by atomic mass is 79.9. The minimum atomic E-state index is 0.206. The van der Waals surface area contributed by atoms with Gasteiger partial charge in [-0.25, -0.2) is 0 Å². The molecule has 1 aromatic carbocycles. The maximum atomic E-state index is 5.83. The summed E-state index contributed by atoms with van der Waals surface area (Å²) in [4.78, 5) is 0. The molecule has 100 valence electrons. The van der Waals surface area contributed by atoms with E-state index >= 15 is 0 Å². The Morgan fingerprint density at radius 1 is 1.44 bits per heavy atom. The largest absolute Gasteiger partial charge is 0.493 e. The van der Waals surface area contributed by atoms with Crippen LogP contribution in [0.3, 0.4) is 0 Å². The quantitative estimate of drug-likeness (QED) is 0.726. The number of hydrogen-bond donors (Lipinski definition) is 0. The summed E-state index contributed by atoms with van der Waals surface area (Å²) in [6, 6.07) is 4.01. The first kappa shape index (κ1) is 14.2. The van der Waals surface area contributed by atoms with Gasteiger partial charge in [0.2, 0.25) is 0 Å². The van der Waals surface area contributed by atoms with Gasteiger partial charge in [0.1, 0.15) is 6.61 Å². The molecule has 1 heterocycles. The van der Waals surface area contributed by atoms with Gasteiger partial charge in [-0.15, -0.1) is 0 Å². The third kappa shape index (κ3) is 3.39. The van der Waals surface area contributed by atoms with Gasteiger partial charge < -0.3 is 14.2 Å². The Morgan fingerprint density at radius 2 is 2.28 bits per heavy atom. The highest BCUT2D eigenvalue weighted by Gasteiger charge is 2.18. The van der Waals surface area contributed by atoms with E-state index in [-0.39, 0.29) is 6.10 Å². The zero-order valence-electron chi connectivity index (χ0n) is 10.2. The van der Waals surface area contributed by atoms with Crippen LogP contribution in [0.25, 0.3) is 0 Å². The topological polar surface area (TPSA) is 27.7 Å². The maximum absolute atomic E-state index is 5.83. The Labute approximate surface area is 124 Å². The third-order valence-electron chi connectivity index (χ3n) is 2.88. The van der Waals surface area contributed by atoms with Crippen LogP contribution in [0.1, 0.15) is 18.4 Å². The molecule has 5 heteroatoms. The van der Waals surface area contributed by atoms with Gasteiger partial charge in [0.25, 0.3) is 0 Å². The molecule has 1 aromatic rings. The summed E-state index contributed by atoms with van der Waals surface area (Å²) in [5.74, 6) is 1.49. The average molecular weight is 380 g/mol. The second kappa shape index (κ2) is 6.78. The van der Waals surface area contributed by atoms with Crippen molar-refractivity contribution in [2.45, 2.75) is 24.3 Å². The van der Waals surface area contributed by atoms with Crippen molar-refractivity contribution >= 4 is 31.9 Å². The lowest BCUT2D eigenvalue weighted by molar-refractivity contribution is 0.0667. The molecule has 1 atom stereocenters. The molecule has 0 aromatic heterocycles. The molecule has 1 unspecified atom stereocenters. The fourth-order valence-corrected chi connectivity index (χ4v) is 2.87. The molecule has 1 saturated heterocycles. The smallest absolute Gasteiger partial charge is 0.175 e. The average Bonchev–Trinajstić information content (AvgIpc) is 2.89. The van der Waals surface area contributed by atoms with Crippen LogP contribution in [0.15, 0.2) is 16.6 Å². The monoisotopic (exact) mass is 378 g/mol. The van der Waals surface area contributed by atoms with Gasteiger partial charge >= 0.3 is 0 Å². The van der Waals surface area contributed by atoms with Gasteiger partial charge in [-0.1, -0.05) is 15.9 Å². The summed E-state index contributed by atoms with van der Waals surface area (Å²) < 4.78 is 17.7. The van der Waals surface area contributed by atoms with Gasteiger partial charge in [-0.3, -0.25) is 0 Å². The van der Waals surface area contributed by atoms with Crippen molar-refractivity contribution in [2.75, 3.05) is 20.3 Å². The predicted octanol–water partition coefficient (Wildman–Crippen LogP) is 3.91. The Kier molecular flexibility index (Phi) is 5.33. The molecular weight excluding hydrogens is 364 g/mol. The van der Waals surface area contributed by atoms with E-state index in [9.17, 15) is 0 Å². The second-order valence-electron chi connectivity index (χ2n) is 4.19. The first-order valence-electron chi connectivity index (χ1n) is 5.91. The Balaban J connectivity index is 2.10. The van der Waals surface area contributed by atoms with E-state index in [2.05, 4.69) is 31.9 Å². The van der Waals surface area contributed by atoms with E-state index < -0.39 is 0 Å². The van der Waals surface area contributed by atoms with E-state index in [4.69, 9.17) is 14.2 Å². The first-order valence-corrected chi connectivity index (χ1v) is 7.83. The molecule has 2 rings (SSSR count). The van der Waals surface area contributed by atoms with Crippen LogP contribution in [-0.4, -0.2) is 26.4 Å². The van der Waals surface area contributed by atoms with Crippen LogP contribution in [0, 0.1) is 0 Å². The van der Waals surface area contributed by atoms with E-state index in [0.29, 0.717) is 6.61 Å². The number of rotatable bonds is 5. The lowest BCUT2D eigenvalue weighted by Gasteiger charge is -2.16. The molecule has 18 heavy (non-hydrogen) atoms. The second-order valence-corrected chi connectivity index (χ2v) is 5.60. The number of benzene rings is 1. The van der Waals surface area contributed by atoms with Gasteiger partial charge in [0.15, 0.2) is 11.5 Å². The summed E-state index contributed by atoms with van der Waals surface area (Å²) in [5.41, 5.74) is 1.14. The van der Waals surface area contributed by atoms with Crippen LogP contribution in [0.5, 0.6) is 11.5 Å². The zero-order chi connectivity index (χ0) is 13.0. The normalized spacial score (nSPS) is 18.9. The van der Waals surface area contributed by atoms with E-state index in [1.54, 1.807) is 7.11 Å². The Bertz CT molecular complexity index is 403.